The second-order valence-electron chi connectivity index (χ2n) is 9.26. The molecule has 2 amide bonds. The zero-order valence-electron chi connectivity index (χ0n) is 19.4. The molecule has 34 heavy (non-hydrogen) atoms. The molecule has 2 aliphatic heterocycles. The van der Waals surface area contributed by atoms with Crippen molar-refractivity contribution in [1.29, 1.82) is 0 Å². The Hall–Kier alpha value is -2.76. The van der Waals surface area contributed by atoms with E-state index >= 15 is 0 Å². The van der Waals surface area contributed by atoms with Crippen molar-refractivity contribution < 1.29 is 22.7 Å². The highest BCUT2D eigenvalue weighted by Gasteiger charge is 2.55. The summed E-state index contributed by atoms with van der Waals surface area (Å²) in [5.74, 6) is 1.16. The van der Waals surface area contributed by atoms with Crippen LogP contribution in [0.2, 0.25) is 0 Å². The van der Waals surface area contributed by atoms with Gasteiger partial charge in [-0.1, -0.05) is 0 Å². The number of benzene rings is 1. The van der Waals surface area contributed by atoms with Crippen LogP contribution in [0.15, 0.2) is 30.3 Å². The van der Waals surface area contributed by atoms with Gasteiger partial charge < -0.3 is 25.0 Å². The molecule has 2 N–H and O–H groups in total. The van der Waals surface area contributed by atoms with Crippen molar-refractivity contribution in [3.63, 3.8) is 0 Å². The third kappa shape index (κ3) is 4.47. The number of sulfone groups is 1. The zero-order chi connectivity index (χ0) is 24.1. The molecule has 1 aromatic heterocycles. The Morgan fingerprint density at radius 1 is 1.18 bits per heavy atom. The van der Waals surface area contributed by atoms with E-state index in [0.29, 0.717) is 55.6 Å². The molecule has 5 rings (SSSR count). The number of morpholine rings is 1. The molecule has 2 aromatic rings. The molecule has 0 bridgehead atoms. The molecule has 3 fully saturated rings. The summed E-state index contributed by atoms with van der Waals surface area (Å²) in [6.07, 6.45) is 2.17. The van der Waals surface area contributed by atoms with Crippen LogP contribution in [0.3, 0.4) is 0 Å². The summed E-state index contributed by atoms with van der Waals surface area (Å²) >= 11 is 0. The number of hydrogen-bond donors (Lipinski definition) is 2. The number of aromatic nitrogens is 2. The second kappa shape index (κ2) is 8.47. The maximum Gasteiger partial charge on any atom is 0.321 e. The Kier molecular flexibility index (Phi) is 5.73. The topological polar surface area (TPSA) is 126 Å². The van der Waals surface area contributed by atoms with Crippen molar-refractivity contribution in [1.82, 2.24) is 15.3 Å². The van der Waals surface area contributed by atoms with Crippen LogP contribution in [0, 0.1) is 0 Å². The van der Waals surface area contributed by atoms with E-state index in [0.717, 1.165) is 5.56 Å². The molecule has 3 aliphatic rings. The number of rotatable bonds is 6. The Balaban J connectivity index is 1.45. The molecule has 2 saturated heterocycles. The van der Waals surface area contributed by atoms with E-state index in [2.05, 4.69) is 22.5 Å². The van der Waals surface area contributed by atoms with Crippen molar-refractivity contribution in [2.24, 2.45) is 0 Å². The lowest BCUT2D eigenvalue weighted by atomic mass is 10.1. The molecule has 11 heteroatoms. The number of carbonyl (C=O) groups excluding carboxylic acids is 1. The Labute approximate surface area is 199 Å². The lowest BCUT2D eigenvalue weighted by Crippen LogP contribution is -2.44. The SMILES string of the molecule is CC1OC1NC(=O)Nc1ccc(-c2nc(N3CCOC[C@@H]3C)cc(C3(S(C)(=O)=O)CC3)n2)cc1. The van der Waals surface area contributed by atoms with Crippen LogP contribution in [0.5, 0.6) is 0 Å². The summed E-state index contributed by atoms with van der Waals surface area (Å²) < 4.78 is 35.0. The van der Waals surface area contributed by atoms with Gasteiger partial charge in [-0.3, -0.25) is 0 Å². The van der Waals surface area contributed by atoms with Crippen LogP contribution in [-0.2, 0) is 24.1 Å². The van der Waals surface area contributed by atoms with Gasteiger partial charge in [0.2, 0.25) is 0 Å². The van der Waals surface area contributed by atoms with Crippen molar-refractivity contribution in [3.05, 3.63) is 36.0 Å². The van der Waals surface area contributed by atoms with Gasteiger partial charge >= 0.3 is 6.03 Å². The number of nitrogens with one attached hydrogen (secondary N) is 2. The van der Waals surface area contributed by atoms with Crippen LogP contribution in [0.25, 0.3) is 11.4 Å². The van der Waals surface area contributed by atoms with Gasteiger partial charge in [0.25, 0.3) is 0 Å². The molecule has 1 aromatic carbocycles. The van der Waals surface area contributed by atoms with Gasteiger partial charge in [-0.15, -0.1) is 0 Å². The molecule has 1 saturated carbocycles. The maximum atomic E-state index is 12.6. The van der Waals surface area contributed by atoms with E-state index < -0.39 is 14.6 Å². The predicted octanol–water partition coefficient (Wildman–Crippen LogP) is 2.27. The molecule has 0 spiro atoms. The van der Waals surface area contributed by atoms with Crippen LogP contribution in [0.1, 0.15) is 32.4 Å². The second-order valence-corrected chi connectivity index (χ2v) is 11.6. The Morgan fingerprint density at radius 3 is 2.47 bits per heavy atom. The first-order valence-electron chi connectivity index (χ1n) is 11.4. The van der Waals surface area contributed by atoms with Crippen molar-refractivity contribution >= 4 is 27.4 Å². The lowest BCUT2D eigenvalue weighted by Gasteiger charge is -2.34. The van der Waals surface area contributed by atoms with E-state index in [1.54, 1.807) is 12.1 Å². The van der Waals surface area contributed by atoms with E-state index in [1.165, 1.54) is 6.26 Å². The van der Waals surface area contributed by atoms with Gasteiger partial charge in [-0.25, -0.2) is 23.2 Å². The van der Waals surface area contributed by atoms with E-state index in [-0.39, 0.29) is 24.4 Å². The highest BCUT2D eigenvalue weighted by molar-refractivity contribution is 7.91. The van der Waals surface area contributed by atoms with Crippen LogP contribution < -0.4 is 15.5 Å². The predicted molar refractivity (Wildman–Crippen MR) is 127 cm³/mol. The third-order valence-electron chi connectivity index (χ3n) is 6.64. The summed E-state index contributed by atoms with van der Waals surface area (Å²) in [6.45, 7) is 5.78. The molecule has 182 valence electrons. The van der Waals surface area contributed by atoms with Gasteiger partial charge in [0.15, 0.2) is 21.9 Å². The van der Waals surface area contributed by atoms with Crippen LogP contribution in [-0.4, -0.2) is 68.8 Å². The van der Waals surface area contributed by atoms with Gasteiger partial charge in [0.05, 0.1) is 24.9 Å². The fraction of sp³-hybridized carbons (Fsp3) is 0.522. The van der Waals surface area contributed by atoms with Crippen molar-refractivity contribution in [3.8, 4) is 11.4 Å². The first-order chi connectivity index (χ1) is 16.2. The number of hydrogen-bond acceptors (Lipinski definition) is 8. The minimum Gasteiger partial charge on any atom is -0.377 e. The van der Waals surface area contributed by atoms with Gasteiger partial charge in [0.1, 0.15) is 16.7 Å². The minimum atomic E-state index is -3.33. The summed E-state index contributed by atoms with van der Waals surface area (Å²) in [5, 5.41) is 5.50. The third-order valence-corrected chi connectivity index (χ3v) is 8.68. The molecule has 3 atom stereocenters. The fourth-order valence-corrected chi connectivity index (χ4v) is 5.61. The molecule has 1 aliphatic carbocycles. The first kappa shape index (κ1) is 23.0. The summed E-state index contributed by atoms with van der Waals surface area (Å²) in [7, 11) is -3.33. The average molecular weight is 488 g/mol. The first-order valence-corrected chi connectivity index (χ1v) is 13.3. The van der Waals surface area contributed by atoms with Gasteiger partial charge in [-0.2, -0.15) is 0 Å². The zero-order valence-corrected chi connectivity index (χ0v) is 20.3. The van der Waals surface area contributed by atoms with E-state index in [4.69, 9.17) is 19.4 Å². The highest BCUT2D eigenvalue weighted by Crippen LogP contribution is 2.52. The fourth-order valence-electron chi connectivity index (χ4n) is 4.28. The maximum absolute atomic E-state index is 12.6. The quantitative estimate of drug-likeness (QED) is 0.595. The number of ether oxygens (including phenoxy) is 2. The minimum absolute atomic E-state index is 0.0302. The summed E-state index contributed by atoms with van der Waals surface area (Å²) in [6, 6.07) is 8.76. The van der Waals surface area contributed by atoms with Gasteiger partial charge in [0, 0.05) is 30.1 Å². The lowest BCUT2D eigenvalue weighted by molar-refractivity contribution is 0.0985. The summed E-state index contributed by atoms with van der Waals surface area (Å²) in [4.78, 5) is 23.7. The van der Waals surface area contributed by atoms with Crippen molar-refractivity contribution in [2.75, 3.05) is 36.2 Å². The molecule has 3 heterocycles. The van der Waals surface area contributed by atoms with Gasteiger partial charge in [-0.05, 0) is 51.0 Å². The molecular weight excluding hydrogens is 458 g/mol. The van der Waals surface area contributed by atoms with E-state index in [9.17, 15) is 13.2 Å². The molecular formula is C23H29N5O5S. The normalized spacial score (nSPS) is 25.5. The number of amides is 2. The van der Waals surface area contributed by atoms with Crippen LogP contribution >= 0.6 is 0 Å². The molecule has 2 unspecified atom stereocenters. The summed E-state index contributed by atoms with van der Waals surface area (Å²) in [5.41, 5.74) is 1.88. The number of carbonyl (C=O) groups is 1. The Morgan fingerprint density at radius 2 is 1.88 bits per heavy atom. The van der Waals surface area contributed by atoms with Crippen molar-refractivity contribution in [2.45, 2.75) is 49.8 Å². The van der Waals surface area contributed by atoms with E-state index in [1.807, 2.05) is 25.1 Å². The monoisotopic (exact) mass is 487 g/mol. The Bertz CT molecular complexity index is 1200. The number of epoxide rings is 1. The largest absolute Gasteiger partial charge is 0.377 e. The average Bonchev–Trinajstić information content (AvgIpc) is 3.71. The van der Waals surface area contributed by atoms with Crippen LogP contribution in [0.4, 0.5) is 16.3 Å². The number of anilines is 2. The standard InChI is InChI=1S/C23H29N5O5S/c1-14-13-32-11-10-28(14)19-12-18(23(8-9-23)34(3,30)31)25-20(26-19)16-4-6-17(7-5-16)24-22(29)27-21-15(2)33-21/h4-7,12,14-15,21H,8-11,13H2,1-3H3,(H2,24,27,29)/t14-,15?,21?/m0/s1. The number of urea groups is 1. The molecule has 0 radical (unpaired) electrons. The number of nitrogens with zero attached hydrogens (tertiary/aromatic N) is 3. The highest BCUT2D eigenvalue weighted by atomic mass is 32.2. The molecule has 10 nitrogen and oxygen atoms in total. The smallest absolute Gasteiger partial charge is 0.321 e.